The Morgan fingerprint density at radius 3 is 2.67 bits per heavy atom. The summed E-state index contributed by atoms with van der Waals surface area (Å²) in [4.78, 5) is 12.3. The van der Waals surface area contributed by atoms with Gasteiger partial charge in [0.2, 0.25) is 0 Å². The first kappa shape index (κ1) is 14.4. The number of fused-ring (bicyclic) bond motifs is 1. The van der Waals surface area contributed by atoms with Gasteiger partial charge >= 0.3 is 0 Å². The highest BCUT2D eigenvalue weighted by Crippen LogP contribution is 2.28. The van der Waals surface area contributed by atoms with Gasteiger partial charge in [-0.1, -0.05) is 41.4 Å². The third-order valence-electron chi connectivity index (χ3n) is 3.64. The molecule has 0 atom stereocenters. The zero-order valence-corrected chi connectivity index (χ0v) is 12.9. The summed E-state index contributed by atoms with van der Waals surface area (Å²) in [5, 5.41) is 0.824. The Morgan fingerprint density at radius 1 is 1.14 bits per heavy atom. The molecule has 0 saturated heterocycles. The molecular formula is C17H14Cl2O2. The lowest BCUT2D eigenvalue weighted by molar-refractivity contribution is 0.0983. The van der Waals surface area contributed by atoms with Crippen LogP contribution in [0.3, 0.4) is 0 Å². The van der Waals surface area contributed by atoms with Gasteiger partial charge in [0.15, 0.2) is 5.78 Å². The predicted molar refractivity (Wildman–Crippen MR) is 84.8 cm³/mol. The largest absolute Gasteiger partial charge is 0.493 e. The fraction of sp³-hybridized carbons (Fsp3) is 0.235. The van der Waals surface area contributed by atoms with Crippen molar-refractivity contribution in [1.29, 1.82) is 0 Å². The quantitative estimate of drug-likeness (QED) is 0.760. The van der Waals surface area contributed by atoms with Crippen LogP contribution >= 0.6 is 23.2 Å². The van der Waals surface area contributed by atoms with Crippen molar-refractivity contribution in [2.75, 3.05) is 6.61 Å². The highest BCUT2D eigenvalue weighted by molar-refractivity contribution is 6.39. The fourth-order valence-corrected chi connectivity index (χ4v) is 3.15. The number of rotatable bonds is 4. The molecular weight excluding hydrogens is 307 g/mol. The van der Waals surface area contributed by atoms with E-state index in [-0.39, 0.29) is 5.78 Å². The van der Waals surface area contributed by atoms with E-state index in [1.54, 1.807) is 18.2 Å². The van der Waals surface area contributed by atoms with Crippen molar-refractivity contribution in [2.45, 2.75) is 19.3 Å². The number of Topliss-reactive ketones (excluding diaryl/α,β-unsaturated/α-hetero) is 1. The van der Waals surface area contributed by atoms with Crippen LogP contribution < -0.4 is 4.74 Å². The second-order valence-electron chi connectivity index (χ2n) is 5.06. The molecule has 0 saturated carbocycles. The molecule has 21 heavy (non-hydrogen) atoms. The Labute approximate surface area is 133 Å². The van der Waals surface area contributed by atoms with Crippen LogP contribution in [0.25, 0.3) is 0 Å². The van der Waals surface area contributed by atoms with Crippen molar-refractivity contribution < 1.29 is 9.53 Å². The number of hydrogen-bond acceptors (Lipinski definition) is 2. The van der Waals surface area contributed by atoms with Gasteiger partial charge in [0.1, 0.15) is 5.75 Å². The lowest BCUT2D eigenvalue weighted by Crippen LogP contribution is -2.03. The lowest BCUT2D eigenvalue weighted by atomic mass is 10.0. The molecule has 0 fully saturated rings. The van der Waals surface area contributed by atoms with Crippen LogP contribution in [0.15, 0.2) is 36.4 Å². The number of benzene rings is 2. The summed E-state index contributed by atoms with van der Waals surface area (Å²) in [6.45, 7) is 0.743. The van der Waals surface area contributed by atoms with Crippen LogP contribution in [0.4, 0.5) is 0 Å². The minimum Gasteiger partial charge on any atom is -0.493 e. The van der Waals surface area contributed by atoms with E-state index in [4.69, 9.17) is 27.9 Å². The first-order valence-corrected chi connectivity index (χ1v) is 7.62. The van der Waals surface area contributed by atoms with Gasteiger partial charge in [0.25, 0.3) is 0 Å². The van der Waals surface area contributed by atoms with Gasteiger partial charge in [-0.25, -0.2) is 0 Å². The highest BCUT2D eigenvalue weighted by Gasteiger charge is 2.16. The number of hydrogen-bond donors (Lipinski definition) is 0. The van der Waals surface area contributed by atoms with Crippen LogP contribution in [-0.2, 0) is 12.8 Å². The van der Waals surface area contributed by atoms with Crippen LogP contribution in [-0.4, -0.2) is 12.4 Å². The zero-order chi connectivity index (χ0) is 14.8. The molecule has 0 N–H and O–H groups in total. The third kappa shape index (κ3) is 3.07. The second-order valence-corrected chi connectivity index (χ2v) is 5.87. The van der Waals surface area contributed by atoms with Crippen molar-refractivity contribution in [3.8, 4) is 5.75 Å². The van der Waals surface area contributed by atoms with Crippen LogP contribution in [0.2, 0.25) is 10.0 Å². The van der Waals surface area contributed by atoms with Gasteiger partial charge in [-0.15, -0.1) is 0 Å². The molecule has 1 aliphatic rings. The standard InChI is InChI=1S/C17H14Cl2O2/c18-13-2-1-3-14(19)17(13)15(20)6-4-11-5-7-16-12(10-11)8-9-21-16/h1-3,5,7,10H,4,6,8-9H2. The normalized spacial score (nSPS) is 12.9. The number of aryl methyl sites for hydroxylation is 1. The van der Waals surface area contributed by atoms with Gasteiger partial charge in [0.05, 0.1) is 22.2 Å². The maximum atomic E-state index is 12.3. The molecule has 0 unspecified atom stereocenters. The SMILES string of the molecule is O=C(CCc1ccc2c(c1)CCO2)c1c(Cl)cccc1Cl. The van der Waals surface area contributed by atoms with Gasteiger partial charge in [0, 0.05) is 12.8 Å². The number of ketones is 1. The molecule has 1 heterocycles. The summed E-state index contributed by atoms with van der Waals surface area (Å²) in [7, 11) is 0. The molecule has 0 bridgehead atoms. The zero-order valence-electron chi connectivity index (χ0n) is 11.4. The summed E-state index contributed by atoms with van der Waals surface area (Å²) < 4.78 is 5.48. The molecule has 1 aliphatic heterocycles. The number of carbonyl (C=O) groups excluding carboxylic acids is 1. The average molecular weight is 321 g/mol. The van der Waals surface area contributed by atoms with Crippen molar-refractivity contribution >= 4 is 29.0 Å². The Bertz CT molecular complexity index is 675. The summed E-state index contributed by atoms with van der Waals surface area (Å²) in [5.74, 6) is 0.932. The molecule has 2 aromatic carbocycles. The maximum absolute atomic E-state index is 12.3. The number of carbonyl (C=O) groups is 1. The first-order valence-electron chi connectivity index (χ1n) is 6.87. The van der Waals surface area contributed by atoms with E-state index in [9.17, 15) is 4.79 Å². The van der Waals surface area contributed by atoms with Crippen molar-refractivity contribution in [3.63, 3.8) is 0 Å². The molecule has 0 radical (unpaired) electrons. The maximum Gasteiger partial charge on any atom is 0.166 e. The number of halogens is 2. The van der Waals surface area contributed by atoms with E-state index in [0.29, 0.717) is 28.5 Å². The van der Waals surface area contributed by atoms with Crippen LogP contribution in [0.5, 0.6) is 5.75 Å². The summed E-state index contributed by atoms with van der Waals surface area (Å²) in [6, 6.07) is 11.2. The van der Waals surface area contributed by atoms with E-state index < -0.39 is 0 Å². The van der Waals surface area contributed by atoms with Crippen LogP contribution in [0, 0.1) is 0 Å². The van der Waals surface area contributed by atoms with E-state index >= 15 is 0 Å². The Kier molecular flexibility index (Phi) is 4.18. The minimum absolute atomic E-state index is 0.0256. The molecule has 0 aliphatic carbocycles. The van der Waals surface area contributed by atoms with Crippen molar-refractivity contribution in [2.24, 2.45) is 0 Å². The van der Waals surface area contributed by atoms with E-state index in [0.717, 1.165) is 24.3 Å². The summed E-state index contributed by atoms with van der Waals surface area (Å²) in [5.41, 5.74) is 2.77. The Balaban J connectivity index is 1.71. The first-order chi connectivity index (χ1) is 10.1. The monoisotopic (exact) mass is 320 g/mol. The molecule has 2 nitrogen and oxygen atoms in total. The van der Waals surface area contributed by atoms with Gasteiger partial charge in [-0.2, -0.15) is 0 Å². The molecule has 4 heteroatoms. The molecule has 0 amide bonds. The molecule has 0 aromatic heterocycles. The van der Waals surface area contributed by atoms with Crippen LogP contribution in [0.1, 0.15) is 27.9 Å². The average Bonchev–Trinajstić information content (AvgIpc) is 2.92. The molecule has 108 valence electrons. The summed E-state index contributed by atoms with van der Waals surface area (Å²) in [6.07, 6.45) is 2.00. The van der Waals surface area contributed by atoms with Crippen molar-refractivity contribution in [1.82, 2.24) is 0 Å². The topological polar surface area (TPSA) is 26.3 Å². The van der Waals surface area contributed by atoms with E-state index in [2.05, 4.69) is 6.07 Å². The third-order valence-corrected chi connectivity index (χ3v) is 4.27. The van der Waals surface area contributed by atoms with Gasteiger partial charge < -0.3 is 4.74 Å². The fourth-order valence-electron chi connectivity index (χ4n) is 2.54. The Hall–Kier alpha value is -1.51. The van der Waals surface area contributed by atoms with Crippen molar-refractivity contribution in [3.05, 3.63) is 63.1 Å². The Morgan fingerprint density at radius 2 is 1.90 bits per heavy atom. The van der Waals surface area contributed by atoms with E-state index in [1.165, 1.54) is 5.56 Å². The summed E-state index contributed by atoms with van der Waals surface area (Å²) >= 11 is 12.1. The molecule has 2 aromatic rings. The smallest absolute Gasteiger partial charge is 0.166 e. The highest BCUT2D eigenvalue weighted by atomic mass is 35.5. The minimum atomic E-state index is -0.0256. The second kappa shape index (κ2) is 6.08. The molecule has 3 rings (SSSR count). The lowest BCUT2D eigenvalue weighted by Gasteiger charge is -2.07. The molecule has 0 spiro atoms. The van der Waals surface area contributed by atoms with Gasteiger partial charge in [-0.05, 0) is 35.7 Å². The van der Waals surface area contributed by atoms with Gasteiger partial charge in [-0.3, -0.25) is 4.79 Å². The van der Waals surface area contributed by atoms with E-state index in [1.807, 2.05) is 12.1 Å². The number of ether oxygens (including phenoxy) is 1. The predicted octanol–water partition coefficient (Wildman–Crippen LogP) is 4.74.